The van der Waals surface area contributed by atoms with Crippen molar-refractivity contribution in [3.63, 3.8) is 0 Å². The number of rotatable bonds is 3. The predicted molar refractivity (Wildman–Crippen MR) is 60.7 cm³/mol. The Balaban J connectivity index is 2.35. The van der Waals surface area contributed by atoms with E-state index in [-0.39, 0.29) is 5.19 Å². The zero-order valence-corrected chi connectivity index (χ0v) is 10.7. The van der Waals surface area contributed by atoms with Crippen molar-refractivity contribution in [1.82, 2.24) is 10.2 Å². The van der Waals surface area contributed by atoms with Gasteiger partial charge >= 0.3 is 5.69 Å². The zero-order valence-electron chi connectivity index (χ0n) is 8.26. The first-order valence-corrected chi connectivity index (χ1v) is 5.88. The Kier molecular flexibility index (Phi) is 3.48. The van der Waals surface area contributed by atoms with E-state index in [9.17, 15) is 18.9 Å². The van der Waals surface area contributed by atoms with E-state index in [1.165, 1.54) is 0 Å². The molecule has 94 valence electrons. The first kappa shape index (κ1) is 12.8. The third-order valence-corrected chi connectivity index (χ3v) is 3.01. The van der Waals surface area contributed by atoms with Gasteiger partial charge in [-0.05, 0) is 27.3 Å². The molecule has 1 aromatic carbocycles. The molecule has 0 N–H and O–H groups in total. The van der Waals surface area contributed by atoms with E-state index >= 15 is 0 Å². The Morgan fingerprint density at radius 1 is 1.33 bits per heavy atom. The second-order valence-electron chi connectivity index (χ2n) is 2.91. The number of nitro benzene ring substituents is 1. The molecule has 1 heterocycles. The summed E-state index contributed by atoms with van der Waals surface area (Å²) in [6, 6.07) is 1.03. The molecule has 0 aliphatic carbocycles. The molecule has 10 heteroatoms. The Morgan fingerprint density at radius 2 is 2.06 bits per heavy atom. The smallest absolute Gasteiger partial charge is 0.307 e. The maximum Gasteiger partial charge on any atom is 0.307 e. The first-order valence-electron chi connectivity index (χ1n) is 4.27. The van der Waals surface area contributed by atoms with Gasteiger partial charge in [-0.15, -0.1) is 5.10 Å². The van der Waals surface area contributed by atoms with Crippen molar-refractivity contribution in [2.24, 2.45) is 0 Å². The van der Waals surface area contributed by atoms with E-state index < -0.39 is 28.0 Å². The highest BCUT2D eigenvalue weighted by atomic mass is 79.9. The average Bonchev–Trinajstić information content (AvgIpc) is 2.68. The van der Waals surface area contributed by atoms with Crippen LogP contribution in [0.1, 0.15) is 0 Å². The number of ether oxygens (including phenoxy) is 1. The van der Waals surface area contributed by atoms with Crippen LogP contribution in [-0.4, -0.2) is 15.1 Å². The lowest BCUT2D eigenvalue weighted by molar-refractivity contribution is -0.387. The summed E-state index contributed by atoms with van der Waals surface area (Å²) in [5.74, 6) is -2.75. The van der Waals surface area contributed by atoms with Crippen molar-refractivity contribution >= 4 is 33.0 Å². The Morgan fingerprint density at radius 3 is 2.61 bits per heavy atom. The average molecular weight is 338 g/mol. The molecule has 0 saturated heterocycles. The monoisotopic (exact) mass is 337 g/mol. The number of hydrogen-bond donors (Lipinski definition) is 0. The molecule has 0 bridgehead atoms. The summed E-state index contributed by atoms with van der Waals surface area (Å²) in [7, 11) is 0. The van der Waals surface area contributed by atoms with E-state index in [0.717, 1.165) is 11.3 Å². The molecule has 18 heavy (non-hydrogen) atoms. The maximum atomic E-state index is 13.4. The van der Waals surface area contributed by atoms with Crippen LogP contribution in [0, 0.1) is 21.7 Å². The summed E-state index contributed by atoms with van der Waals surface area (Å²) in [5.41, 5.74) is -0.960. The van der Waals surface area contributed by atoms with Gasteiger partial charge in [-0.1, -0.05) is 5.10 Å². The van der Waals surface area contributed by atoms with Gasteiger partial charge in [-0.3, -0.25) is 10.1 Å². The standard InChI is InChI=1S/C8H2BrF2N3O3S/c9-7-12-13-8(18-7)17-6-2-3(10)5(14(15)16)1-4(6)11/h1-2H. The molecule has 0 saturated carbocycles. The number of benzene rings is 1. The van der Waals surface area contributed by atoms with Crippen molar-refractivity contribution < 1.29 is 18.4 Å². The van der Waals surface area contributed by atoms with Crippen molar-refractivity contribution in [2.45, 2.75) is 0 Å². The van der Waals surface area contributed by atoms with E-state index in [1.54, 1.807) is 0 Å². The highest BCUT2D eigenvalue weighted by molar-refractivity contribution is 9.11. The third-order valence-electron chi connectivity index (χ3n) is 1.78. The quantitative estimate of drug-likeness (QED) is 0.634. The molecule has 0 unspecified atom stereocenters. The van der Waals surface area contributed by atoms with Gasteiger partial charge in [0.2, 0.25) is 5.82 Å². The normalized spacial score (nSPS) is 10.4. The van der Waals surface area contributed by atoms with Crippen LogP contribution in [0.15, 0.2) is 16.0 Å². The van der Waals surface area contributed by atoms with Crippen LogP contribution in [0.3, 0.4) is 0 Å². The summed E-state index contributed by atoms with van der Waals surface area (Å²) in [4.78, 5) is 9.35. The molecule has 0 spiro atoms. The van der Waals surface area contributed by atoms with Gasteiger partial charge in [-0.2, -0.15) is 4.39 Å². The number of hydrogen-bond acceptors (Lipinski definition) is 6. The minimum Gasteiger partial charge on any atom is -0.427 e. The van der Waals surface area contributed by atoms with Gasteiger partial charge in [0.25, 0.3) is 5.19 Å². The van der Waals surface area contributed by atoms with Crippen molar-refractivity contribution in [3.05, 3.63) is 37.8 Å². The Labute approximate surface area is 111 Å². The number of aromatic nitrogens is 2. The topological polar surface area (TPSA) is 78.2 Å². The van der Waals surface area contributed by atoms with E-state index in [0.29, 0.717) is 16.0 Å². The largest absolute Gasteiger partial charge is 0.427 e. The van der Waals surface area contributed by atoms with E-state index in [2.05, 4.69) is 26.1 Å². The second kappa shape index (κ2) is 4.90. The van der Waals surface area contributed by atoms with Crippen LogP contribution in [0.25, 0.3) is 0 Å². The Hall–Kier alpha value is -1.68. The summed E-state index contributed by atoms with van der Waals surface area (Å²) in [5, 5.41) is 17.4. The lowest BCUT2D eigenvalue weighted by Crippen LogP contribution is -1.96. The van der Waals surface area contributed by atoms with Crippen LogP contribution in [-0.2, 0) is 0 Å². The number of nitrogens with zero attached hydrogens (tertiary/aromatic N) is 3. The van der Waals surface area contributed by atoms with E-state index in [4.69, 9.17) is 4.74 Å². The number of nitro groups is 1. The molecule has 0 radical (unpaired) electrons. The molecule has 2 rings (SSSR count). The van der Waals surface area contributed by atoms with Gasteiger partial charge in [0, 0.05) is 6.07 Å². The van der Waals surface area contributed by atoms with Crippen LogP contribution in [0.4, 0.5) is 14.5 Å². The lowest BCUT2D eigenvalue weighted by atomic mass is 10.3. The molecule has 2 aromatic rings. The molecular formula is C8H2BrF2N3O3S. The summed E-state index contributed by atoms with van der Waals surface area (Å²) >= 11 is 3.97. The SMILES string of the molecule is O=[N+]([O-])c1cc(F)c(Oc2nnc(Br)s2)cc1F. The van der Waals surface area contributed by atoms with Crippen molar-refractivity contribution in [3.8, 4) is 10.9 Å². The Bertz CT molecular complexity index is 622. The fourth-order valence-electron chi connectivity index (χ4n) is 1.06. The van der Waals surface area contributed by atoms with Gasteiger partial charge < -0.3 is 4.74 Å². The van der Waals surface area contributed by atoms with Crippen LogP contribution >= 0.6 is 27.3 Å². The maximum absolute atomic E-state index is 13.4. The predicted octanol–water partition coefficient (Wildman–Crippen LogP) is 3.28. The fraction of sp³-hybridized carbons (Fsp3) is 0. The van der Waals surface area contributed by atoms with Gasteiger partial charge in [0.05, 0.1) is 11.0 Å². The van der Waals surface area contributed by atoms with Crippen molar-refractivity contribution in [1.29, 1.82) is 0 Å². The van der Waals surface area contributed by atoms with Crippen LogP contribution in [0.5, 0.6) is 10.9 Å². The zero-order chi connectivity index (χ0) is 13.3. The summed E-state index contributed by atoms with van der Waals surface area (Å²) in [6.07, 6.45) is 0. The lowest BCUT2D eigenvalue weighted by Gasteiger charge is -2.02. The second-order valence-corrected chi connectivity index (χ2v) is 5.13. The summed E-state index contributed by atoms with van der Waals surface area (Å²) in [6.45, 7) is 0. The molecule has 0 amide bonds. The van der Waals surface area contributed by atoms with Crippen LogP contribution in [0.2, 0.25) is 0 Å². The van der Waals surface area contributed by atoms with E-state index in [1.807, 2.05) is 0 Å². The summed E-state index contributed by atoms with van der Waals surface area (Å²) < 4.78 is 32.0. The van der Waals surface area contributed by atoms with Crippen LogP contribution < -0.4 is 4.74 Å². The molecule has 6 nitrogen and oxygen atoms in total. The van der Waals surface area contributed by atoms with Gasteiger partial charge in [-0.25, -0.2) is 4.39 Å². The van der Waals surface area contributed by atoms with Gasteiger partial charge in [0.15, 0.2) is 15.5 Å². The van der Waals surface area contributed by atoms with Gasteiger partial charge in [0.1, 0.15) is 0 Å². The highest BCUT2D eigenvalue weighted by Crippen LogP contribution is 2.32. The van der Waals surface area contributed by atoms with Crippen molar-refractivity contribution in [2.75, 3.05) is 0 Å². The molecular weight excluding hydrogens is 336 g/mol. The first-order chi connectivity index (χ1) is 8.47. The minimum absolute atomic E-state index is 0.0194. The minimum atomic E-state index is -1.19. The molecule has 0 atom stereocenters. The molecule has 1 aromatic heterocycles. The molecule has 0 fully saturated rings. The fourth-order valence-corrected chi connectivity index (χ4v) is 2.00. The molecule has 0 aliphatic heterocycles. The highest BCUT2D eigenvalue weighted by Gasteiger charge is 2.20. The molecule has 0 aliphatic rings. The number of halogens is 3. The third kappa shape index (κ3) is 2.59.